The number of carbonyl (C=O) groups excluding carboxylic acids is 2. The largest absolute Gasteiger partial charge is 0.347 e. The van der Waals surface area contributed by atoms with E-state index >= 15 is 0 Å². The highest BCUT2D eigenvalue weighted by molar-refractivity contribution is 6.21. The molecule has 26 heavy (non-hydrogen) atoms. The number of nitrogens with zero attached hydrogens (tertiary/aromatic N) is 1. The summed E-state index contributed by atoms with van der Waals surface area (Å²) in [6.45, 7) is 4.01. The fraction of sp³-hybridized carbons (Fsp3) is 0.556. The maximum absolute atomic E-state index is 13.0. The molecule has 2 bridgehead atoms. The molecule has 5 rings (SSSR count). The molecule has 0 spiro atoms. The highest BCUT2D eigenvalue weighted by atomic mass is 16.8. The second kappa shape index (κ2) is 5.11. The lowest BCUT2D eigenvalue weighted by Crippen LogP contribution is -2.66. The van der Waals surface area contributed by atoms with Crippen molar-refractivity contribution >= 4 is 11.8 Å². The topological polar surface area (TPSA) is 100 Å². The van der Waals surface area contributed by atoms with Crippen molar-refractivity contribution in [2.24, 2.45) is 5.73 Å². The van der Waals surface area contributed by atoms with E-state index in [2.05, 4.69) is 0 Å². The number of carbonyl (C=O) groups is 2. The Morgan fingerprint density at radius 1 is 1.12 bits per heavy atom. The SMILES string of the molecule is CC1(C)O[C@H]2[C@@H](O1)C1(CN)COC(O1)[C@@H]2N1C(=O)c2ccccc2C1=O. The van der Waals surface area contributed by atoms with Crippen molar-refractivity contribution < 1.29 is 28.5 Å². The molecule has 2 unspecified atom stereocenters. The first kappa shape index (κ1) is 16.3. The first-order chi connectivity index (χ1) is 12.4. The van der Waals surface area contributed by atoms with Gasteiger partial charge in [0, 0.05) is 6.54 Å². The molecule has 3 saturated heterocycles. The van der Waals surface area contributed by atoms with Crippen molar-refractivity contribution in [3.05, 3.63) is 35.4 Å². The van der Waals surface area contributed by atoms with Gasteiger partial charge >= 0.3 is 0 Å². The van der Waals surface area contributed by atoms with E-state index in [0.717, 1.165) is 0 Å². The van der Waals surface area contributed by atoms with E-state index in [1.807, 2.05) is 0 Å². The smallest absolute Gasteiger partial charge is 0.262 e. The quantitative estimate of drug-likeness (QED) is 0.755. The molecule has 0 saturated carbocycles. The van der Waals surface area contributed by atoms with Crippen LogP contribution in [0.2, 0.25) is 0 Å². The van der Waals surface area contributed by atoms with E-state index in [4.69, 9.17) is 24.7 Å². The van der Waals surface area contributed by atoms with Gasteiger partial charge in [0.15, 0.2) is 12.1 Å². The van der Waals surface area contributed by atoms with Gasteiger partial charge in [0.2, 0.25) is 0 Å². The number of nitrogens with two attached hydrogens (primary N) is 1. The van der Waals surface area contributed by atoms with Crippen molar-refractivity contribution in [1.82, 2.24) is 4.90 Å². The number of rotatable bonds is 2. The van der Waals surface area contributed by atoms with Crippen LogP contribution in [0, 0.1) is 0 Å². The van der Waals surface area contributed by atoms with Crippen LogP contribution in [-0.2, 0) is 18.9 Å². The maximum Gasteiger partial charge on any atom is 0.262 e. The van der Waals surface area contributed by atoms with Gasteiger partial charge in [-0.2, -0.15) is 0 Å². The van der Waals surface area contributed by atoms with Gasteiger partial charge in [-0.25, -0.2) is 0 Å². The van der Waals surface area contributed by atoms with E-state index in [0.29, 0.717) is 11.1 Å². The van der Waals surface area contributed by atoms with E-state index in [9.17, 15) is 9.59 Å². The molecule has 1 aromatic carbocycles. The van der Waals surface area contributed by atoms with Crippen LogP contribution in [0.4, 0.5) is 0 Å². The summed E-state index contributed by atoms with van der Waals surface area (Å²) in [5, 5.41) is 0. The summed E-state index contributed by atoms with van der Waals surface area (Å²) in [7, 11) is 0. The van der Waals surface area contributed by atoms with Gasteiger partial charge in [-0.15, -0.1) is 0 Å². The Hall–Kier alpha value is -1.84. The highest BCUT2D eigenvalue weighted by Gasteiger charge is 2.68. The third-order valence-corrected chi connectivity index (χ3v) is 5.57. The predicted octanol–water partition coefficient (Wildman–Crippen LogP) is 0.255. The highest BCUT2D eigenvalue weighted by Crippen LogP contribution is 2.48. The fourth-order valence-corrected chi connectivity index (χ4v) is 4.41. The third kappa shape index (κ3) is 1.96. The first-order valence-corrected chi connectivity index (χ1v) is 8.69. The molecule has 5 atom stereocenters. The number of ether oxygens (including phenoxy) is 4. The number of hydrogen-bond donors (Lipinski definition) is 1. The lowest BCUT2D eigenvalue weighted by molar-refractivity contribution is -0.202. The monoisotopic (exact) mass is 360 g/mol. The van der Waals surface area contributed by atoms with Gasteiger partial charge in [0.1, 0.15) is 23.9 Å². The van der Waals surface area contributed by atoms with Crippen LogP contribution in [0.1, 0.15) is 34.6 Å². The van der Waals surface area contributed by atoms with Crippen LogP contribution in [0.25, 0.3) is 0 Å². The second-order valence-corrected chi connectivity index (χ2v) is 7.60. The van der Waals surface area contributed by atoms with Crippen molar-refractivity contribution in [1.29, 1.82) is 0 Å². The summed E-state index contributed by atoms with van der Waals surface area (Å²) < 4.78 is 24.0. The van der Waals surface area contributed by atoms with Gasteiger partial charge < -0.3 is 24.7 Å². The third-order valence-electron chi connectivity index (χ3n) is 5.57. The Balaban J connectivity index is 1.58. The second-order valence-electron chi connectivity index (χ2n) is 7.60. The van der Waals surface area contributed by atoms with Crippen molar-refractivity contribution in [3.8, 4) is 0 Å². The minimum Gasteiger partial charge on any atom is -0.347 e. The minimum absolute atomic E-state index is 0.193. The number of benzene rings is 1. The van der Waals surface area contributed by atoms with E-state index in [-0.39, 0.29) is 25.0 Å². The summed E-state index contributed by atoms with van der Waals surface area (Å²) in [6.07, 6.45) is -1.90. The van der Waals surface area contributed by atoms with Gasteiger partial charge in [-0.3, -0.25) is 14.5 Å². The predicted molar refractivity (Wildman–Crippen MR) is 87.2 cm³/mol. The number of amides is 2. The average molecular weight is 360 g/mol. The normalized spacial score (nSPS) is 40.0. The molecule has 4 heterocycles. The van der Waals surface area contributed by atoms with Crippen LogP contribution < -0.4 is 5.73 Å². The zero-order valence-electron chi connectivity index (χ0n) is 14.5. The molecule has 1 aromatic rings. The number of fused-ring (bicyclic) bond motifs is 5. The van der Waals surface area contributed by atoms with Crippen LogP contribution >= 0.6 is 0 Å². The minimum atomic E-state index is -0.873. The van der Waals surface area contributed by atoms with E-state index in [1.165, 1.54) is 4.90 Å². The lowest BCUT2D eigenvalue weighted by atomic mass is 9.87. The molecule has 138 valence electrons. The Morgan fingerprint density at radius 3 is 2.38 bits per heavy atom. The Kier molecular flexibility index (Phi) is 3.21. The van der Waals surface area contributed by atoms with E-state index in [1.54, 1.807) is 38.1 Å². The Morgan fingerprint density at radius 2 is 1.77 bits per heavy atom. The molecule has 0 radical (unpaired) electrons. The maximum atomic E-state index is 13.0. The van der Waals surface area contributed by atoms with Crippen molar-refractivity contribution in [3.63, 3.8) is 0 Å². The lowest BCUT2D eigenvalue weighted by Gasteiger charge is -2.43. The summed E-state index contributed by atoms with van der Waals surface area (Å²) in [5.74, 6) is -1.62. The molecule has 3 fully saturated rings. The zero-order chi connectivity index (χ0) is 18.3. The molecule has 0 aromatic heterocycles. The zero-order valence-corrected chi connectivity index (χ0v) is 14.5. The molecule has 8 heteroatoms. The number of imide groups is 1. The molecular formula is C18H20N2O6. The van der Waals surface area contributed by atoms with Crippen LogP contribution in [0.5, 0.6) is 0 Å². The van der Waals surface area contributed by atoms with Gasteiger partial charge in [0.05, 0.1) is 17.7 Å². The van der Waals surface area contributed by atoms with Crippen molar-refractivity contribution in [2.75, 3.05) is 13.2 Å². The molecule has 4 aliphatic heterocycles. The Bertz CT molecular complexity index is 776. The molecule has 0 aliphatic carbocycles. The van der Waals surface area contributed by atoms with Gasteiger partial charge in [-0.05, 0) is 26.0 Å². The first-order valence-electron chi connectivity index (χ1n) is 8.69. The summed E-state index contributed by atoms with van der Waals surface area (Å²) >= 11 is 0. The summed E-state index contributed by atoms with van der Waals surface area (Å²) in [6, 6.07) is 6.02. The summed E-state index contributed by atoms with van der Waals surface area (Å²) in [4.78, 5) is 27.1. The van der Waals surface area contributed by atoms with Gasteiger partial charge in [-0.1, -0.05) is 12.1 Å². The molecule has 2 amide bonds. The summed E-state index contributed by atoms with van der Waals surface area (Å²) in [5.41, 5.74) is 5.87. The van der Waals surface area contributed by atoms with Crippen LogP contribution in [0.15, 0.2) is 24.3 Å². The standard InChI is InChI=1S/C18H20N2O6/c1-17(2)24-12-11(16-23-8-18(7-19,26-16)13(12)25-17)20-14(21)9-5-3-4-6-10(9)15(20)22/h3-6,11-13,16H,7-8,19H2,1-2H3/t11-,12-,13-,16?,18?/m1/s1. The van der Waals surface area contributed by atoms with Crippen LogP contribution in [-0.4, -0.2) is 65.8 Å². The average Bonchev–Trinajstić information content (AvgIpc) is 3.24. The van der Waals surface area contributed by atoms with Crippen molar-refractivity contribution in [2.45, 2.75) is 49.8 Å². The molecular weight excluding hydrogens is 340 g/mol. The fourth-order valence-electron chi connectivity index (χ4n) is 4.41. The molecule has 2 N–H and O–H groups in total. The Labute approximate surface area is 150 Å². The van der Waals surface area contributed by atoms with Gasteiger partial charge in [0.25, 0.3) is 11.8 Å². The number of hydrogen-bond acceptors (Lipinski definition) is 7. The molecule has 4 aliphatic rings. The molecule has 8 nitrogen and oxygen atoms in total. The van der Waals surface area contributed by atoms with Crippen LogP contribution in [0.3, 0.4) is 0 Å². The van der Waals surface area contributed by atoms with E-state index < -0.39 is 35.9 Å².